The second-order valence-electron chi connectivity index (χ2n) is 7.98. The number of benzene rings is 3. The zero-order chi connectivity index (χ0) is 24.5. The standard InChI is InChI=1S/C27H30FN3O2S/c1-4-31(23-8-5-7-19(2)17-23)16-6-15-29-27(33)21-9-14-26(25(18-21)30-20(3)32)34-24-12-10-22(28)11-13-24/h5,7-14,17-18H,4,6,15-16H2,1-3H3,(H,29,33)(H,30,32). The summed E-state index contributed by atoms with van der Waals surface area (Å²) in [5, 5.41) is 5.76. The van der Waals surface area contributed by atoms with Gasteiger partial charge < -0.3 is 15.5 Å². The molecule has 2 N–H and O–H groups in total. The van der Waals surface area contributed by atoms with E-state index in [0.29, 0.717) is 17.8 Å². The topological polar surface area (TPSA) is 61.4 Å². The van der Waals surface area contributed by atoms with Crippen LogP contribution in [0.5, 0.6) is 0 Å². The molecular weight excluding hydrogens is 449 g/mol. The quantitative estimate of drug-likeness (QED) is 0.356. The minimum atomic E-state index is -0.306. The number of nitrogens with one attached hydrogen (secondary N) is 2. The van der Waals surface area contributed by atoms with Crippen molar-refractivity contribution in [3.63, 3.8) is 0 Å². The fourth-order valence-corrected chi connectivity index (χ4v) is 4.43. The van der Waals surface area contributed by atoms with Gasteiger partial charge in [-0.15, -0.1) is 0 Å². The SMILES string of the molecule is CCN(CCCNC(=O)c1ccc(Sc2ccc(F)cc2)c(NC(C)=O)c1)c1cccc(C)c1. The number of aryl methyl sites for hydroxylation is 1. The number of hydrogen-bond donors (Lipinski definition) is 2. The minimum Gasteiger partial charge on any atom is -0.372 e. The minimum absolute atomic E-state index is 0.191. The number of carbonyl (C=O) groups excluding carboxylic acids is 2. The maximum atomic E-state index is 13.2. The highest BCUT2D eigenvalue weighted by Crippen LogP contribution is 2.34. The number of hydrogen-bond acceptors (Lipinski definition) is 4. The summed E-state index contributed by atoms with van der Waals surface area (Å²) in [5.74, 6) is -0.725. The molecule has 0 radical (unpaired) electrons. The van der Waals surface area contributed by atoms with Crippen molar-refractivity contribution in [2.45, 2.75) is 37.0 Å². The third-order valence-corrected chi connectivity index (χ3v) is 6.32. The van der Waals surface area contributed by atoms with Crippen LogP contribution in [0.15, 0.2) is 76.5 Å². The molecule has 3 aromatic carbocycles. The van der Waals surface area contributed by atoms with Gasteiger partial charge in [0.05, 0.1) is 5.69 Å². The molecule has 0 saturated heterocycles. The average molecular weight is 480 g/mol. The Bertz CT molecular complexity index is 1130. The van der Waals surface area contributed by atoms with Crippen LogP contribution in [0.2, 0.25) is 0 Å². The predicted molar refractivity (Wildman–Crippen MR) is 137 cm³/mol. The van der Waals surface area contributed by atoms with Gasteiger partial charge in [0, 0.05) is 47.6 Å². The average Bonchev–Trinajstić information content (AvgIpc) is 2.81. The first-order valence-electron chi connectivity index (χ1n) is 11.3. The molecule has 178 valence electrons. The van der Waals surface area contributed by atoms with Crippen LogP contribution in [0.4, 0.5) is 15.8 Å². The lowest BCUT2D eigenvalue weighted by Crippen LogP contribution is -2.30. The number of nitrogens with zero attached hydrogens (tertiary/aromatic N) is 1. The van der Waals surface area contributed by atoms with E-state index in [4.69, 9.17) is 0 Å². The van der Waals surface area contributed by atoms with Gasteiger partial charge in [-0.3, -0.25) is 9.59 Å². The number of anilines is 2. The molecule has 0 heterocycles. The fourth-order valence-electron chi connectivity index (χ4n) is 3.55. The molecule has 2 amide bonds. The molecule has 5 nitrogen and oxygen atoms in total. The molecule has 0 aliphatic rings. The van der Waals surface area contributed by atoms with Crippen molar-refractivity contribution in [1.82, 2.24) is 5.32 Å². The van der Waals surface area contributed by atoms with E-state index in [-0.39, 0.29) is 17.6 Å². The molecule has 0 saturated carbocycles. The summed E-state index contributed by atoms with van der Waals surface area (Å²) in [4.78, 5) is 28.3. The number of amides is 2. The summed E-state index contributed by atoms with van der Waals surface area (Å²) in [6.45, 7) is 7.90. The maximum Gasteiger partial charge on any atom is 0.251 e. The van der Waals surface area contributed by atoms with E-state index in [1.807, 2.05) is 0 Å². The van der Waals surface area contributed by atoms with Crippen molar-refractivity contribution < 1.29 is 14.0 Å². The largest absolute Gasteiger partial charge is 0.372 e. The highest BCUT2D eigenvalue weighted by molar-refractivity contribution is 7.99. The second-order valence-corrected chi connectivity index (χ2v) is 9.09. The van der Waals surface area contributed by atoms with Crippen molar-refractivity contribution in [3.8, 4) is 0 Å². The van der Waals surface area contributed by atoms with E-state index in [0.717, 1.165) is 29.3 Å². The van der Waals surface area contributed by atoms with Gasteiger partial charge in [-0.2, -0.15) is 0 Å². The second kappa shape index (κ2) is 12.2. The Labute approximate surface area is 204 Å². The van der Waals surface area contributed by atoms with Crippen LogP contribution in [0.1, 0.15) is 36.2 Å². The fraction of sp³-hybridized carbons (Fsp3) is 0.259. The number of rotatable bonds is 10. The lowest BCUT2D eigenvalue weighted by Gasteiger charge is -2.23. The van der Waals surface area contributed by atoms with Gasteiger partial charge in [0.15, 0.2) is 0 Å². The Balaban J connectivity index is 1.61. The van der Waals surface area contributed by atoms with E-state index in [1.54, 1.807) is 30.3 Å². The molecule has 0 aliphatic carbocycles. The van der Waals surface area contributed by atoms with Gasteiger partial charge in [-0.25, -0.2) is 4.39 Å². The van der Waals surface area contributed by atoms with Gasteiger partial charge in [-0.1, -0.05) is 23.9 Å². The summed E-state index contributed by atoms with van der Waals surface area (Å²) in [5.41, 5.74) is 3.42. The molecule has 0 atom stereocenters. The van der Waals surface area contributed by atoms with Crippen LogP contribution in [-0.4, -0.2) is 31.4 Å². The highest BCUT2D eigenvalue weighted by Gasteiger charge is 2.12. The Morgan fingerprint density at radius 2 is 1.79 bits per heavy atom. The van der Waals surface area contributed by atoms with Gasteiger partial charge in [0.2, 0.25) is 5.91 Å². The van der Waals surface area contributed by atoms with E-state index < -0.39 is 0 Å². The monoisotopic (exact) mass is 479 g/mol. The maximum absolute atomic E-state index is 13.2. The Kier molecular flexibility index (Phi) is 9.10. The van der Waals surface area contributed by atoms with Gasteiger partial charge >= 0.3 is 0 Å². The van der Waals surface area contributed by atoms with Gasteiger partial charge in [0.25, 0.3) is 5.91 Å². The summed E-state index contributed by atoms with van der Waals surface area (Å²) >= 11 is 1.39. The van der Waals surface area contributed by atoms with Crippen LogP contribution in [0.25, 0.3) is 0 Å². The normalized spacial score (nSPS) is 10.6. The molecule has 34 heavy (non-hydrogen) atoms. The number of halogens is 1. The molecule has 0 spiro atoms. The highest BCUT2D eigenvalue weighted by atomic mass is 32.2. The summed E-state index contributed by atoms with van der Waals surface area (Å²) < 4.78 is 13.2. The molecule has 3 rings (SSSR count). The molecule has 0 aromatic heterocycles. The Hall–Kier alpha value is -3.32. The number of carbonyl (C=O) groups is 2. The van der Waals surface area contributed by atoms with Crippen LogP contribution in [0.3, 0.4) is 0 Å². The molecule has 0 unspecified atom stereocenters. The lowest BCUT2D eigenvalue weighted by molar-refractivity contribution is -0.114. The zero-order valence-corrected chi connectivity index (χ0v) is 20.5. The zero-order valence-electron chi connectivity index (χ0n) is 19.7. The van der Waals surface area contributed by atoms with Crippen molar-refractivity contribution in [2.75, 3.05) is 29.9 Å². The Morgan fingerprint density at radius 3 is 2.47 bits per heavy atom. The first-order chi connectivity index (χ1) is 16.4. The molecule has 0 aliphatic heterocycles. The lowest BCUT2D eigenvalue weighted by atomic mass is 10.1. The van der Waals surface area contributed by atoms with Gasteiger partial charge in [-0.05, 0) is 80.4 Å². The van der Waals surface area contributed by atoms with Gasteiger partial charge in [0.1, 0.15) is 5.82 Å². The van der Waals surface area contributed by atoms with Crippen LogP contribution < -0.4 is 15.5 Å². The molecule has 0 bridgehead atoms. The van der Waals surface area contributed by atoms with Crippen LogP contribution in [-0.2, 0) is 4.79 Å². The Morgan fingerprint density at radius 1 is 1.03 bits per heavy atom. The summed E-state index contributed by atoms with van der Waals surface area (Å²) in [6.07, 6.45) is 0.810. The van der Waals surface area contributed by atoms with Crippen molar-refractivity contribution >= 4 is 35.0 Å². The van der Waals surface area contributed by atoms with E-state index in [2.05, 4.69) is 53.6 Å². The smallest absolute Gasteiger partial charge is 0.251 e. The van der Waals surface area contributed by atoms with E-state index >= 15 is 0 Å². The molecular formula is C27H30FN3O2S. The molecule has 7 heteroatoms. The first kappa shape index (κ1) is 25.3. The molecule has 0 fully saturated rings. The molecule has 3 aromatic rings. The van der Waals surface area contributed by atoms with Crippen molar-refractivity contribution in [1.29, 1.82) is 0 Å². The summed E-state index contributed by atoms with van der Waals surface area (Å²) in [7, 11) is 0. The van der Waals surface area contributed by atoms with Crippen molar-refractivity contribution in [3.05, 3.63) is 83.7 Å². The van der Waals surface area contributed by atoms with Crippen LogP contribution >= 0.6 is 11.8 Å². The summed E-state index contributed by atoms with van der Waals surface area (Å²) in [6, 6.07) is 19.7. The third-order valence-electron chi connectivity index (χ3n) is 5.23. The third kappa shape index (κ3) is 7.35. The van der Waals surface area contributed by atoms with Crippen molar-refractivity contribution in [2.24, 2.45) is 0 Å². The van der Waals surface area contributed by atoms with E-state index in [1.165, 1.54) is 42.1 Å². The predicted octanol–water partition coefficient (Wildman–Crippen LogP) is 5.89. The first-order valence-corrected chi connectivity index (χ1v) is 12.1. The van der Waals surface area contributed by atoms with Crippen LogP contribution in [0, 0.1) is 12.7 Å². The van der Waals surface area contributed by atoms with E-state index in [9.17, 15) is 14.0 Å².